The molecule has 6 heteroatoms. The van der Waals surface area contributed by atoms with Gasteiger partial charge in [0.05, 0.1) is 13.2 Å². The number of rotatable bonds is 5. The van der Waals surface area contributed by atoms with E-state index >= 15 is 0 Å². The van der Waals surface area contributed by atoms with Gasteiger partial charge in [-0.3, -0.25) is 4.79 Å². The quantitative estimate of drug-likeness (QED) is 0.781. The van der Waals surface area contributed by atoms with Gasteiger partial charge in [-0.05, 0) is 55.6 Å². The van der Waals surface area contributed by atoms with E-state index < -0.39 is 0 Å². The molecule has 1 saturated heterocycles. The molecule has 3 fully saturated rings. The van der Waals surface area contributed by atoms with E-state index in [1.807, 2.05) is 24.3 Å². The monoisotopic (exact) mass is 363 g/mol. The number of nitrogens with zero attached hydrogens (tertiary/aromatic N) is 1. The number of methoxy groups -OCH3 is 1. The van der Waals surface area contributed by atoms with Crippen LogP contribution in [-0.4, -0.2) is 60.5 Å². The van der Waals surface area contributed by atoms with Gasteiger partial charge in [-0.15, -0.1) is 0 Å². The van der Waals surface area contributed by atoms with E-state index in [2.05, 4.69) is 4.90 Å². The molecule has 0 unspecified atom stereocenters. The molecular formula is C20H29NO5. The minimum Gasteiger partial charge on any atom is -0.493 e. The van der Waals surface area contributed by atoms with Crippen molar-refractivity contribution in [1.29, 1.82) is 0 Å². The second kappa shape index (κ2) is 8.73. The molecule has 0 spiro atoms. The molecule has 2 N–H and O–H groups in total. The van der Waals surface area contributed by atoms with Crippen molar-refractivity contribution in [3.8, 4) is 11.5 Å². The van der Waals surface area contributed by atoms with E-state index in [0.29, 0.717) is 11.8 Å². The van der Waals surface area contributed by atoms with Crippen LogP contribution < -0.4 is 9.47 Å². The first-order valence-corrected chi connectivity index (χ1v) is 9.42. The average Bonchev–Trinajstić information content (AvgIpc) is 3.35. The second-order valence-corrected chi connectivity index (χ2v) is 7.63. The van der Waals surface area contributed by atoms with Gasteiger partial charge in [0.25, 0.3) is 6.47 Å². The van der Waals surface area contributed by atoms with Crippen LogP contribution in [0.5, 0.6) is 11.5 Å². The summed E-state index contributed by atoms with van der Waals surface area (Å²) < 4.78 is 11.5. The first-order chi connectivity index (χ1) is 12.6. The van der Waals surface area contributed by atoms with Crippen LogP contribution >= 0.6 is 0 Å². The molecule has 144 valence electrons. The Kier molecular flexibility index (Phi) is 6.38. The molecule has 1 aromatic rings. The lowest BCUT2D eigenvalue weighted by molar-refractivity contribution is -0.122. The summed E-state index contributed by atoms with van der Waals surface area (Å²) in [6.45, 7) is 3.36. The van der Waals surface area contributed by atoms with Crippen molar-refractivity contribution < 1.29 is 24.5 Å². The molecule has 0 radical (unpaired) electrons. The zero-order valence-electron chi connectivity index (χ0n) is 15.3. The largest absolute Gasteiger partial charge is 0.493 e. The lowest BCUT2D eigenvalue weighted by atomic mass is 9.78. The second-order valence-electron chi connectivity index (χ2n) is 7.63. The fraction of sp³-hybridized carbons (Fsp3) is 0.650. The van der Waals surface area contributed by atoms with E-state index in [1.165, 1.54) is 32.5 Å². The van der Waals surface area contributed by atoms with Gasteiger partial charge in [0.15, 0.2) is 11.5 Å². The number of hydrogen-bond acceptors (Lipinski definition) is 5. The zero-order valence-corrected chi connectivity index (χ0v) is 15.3. The summed E-state index contributed by atoms with van der Waals surface area (Å²) >= 11 is 0. The number of benzene rings is 1. The molecule has 1 heterocycles. The number of aliphatic hydroxyl groups excluding tert-OH is 1. The van der Waals surface area contributed by atoms with Crippen LogP contribution in [0.15, 0.2) is 24.3 Å². The number of hydrogen-bond donors (Lipinski definition) is 2. The summed E-state index contributed by atoms with van der Waals surface area (Å²) in [6, 6.07) is 7.71. The highest BCUT2D eigenvalue weighted by Crippen LogP contribution is 2.40. The highest BCUT2D eigenvalue weighted by atomic mass is 16.5. The summed E-state index contributed by atoms with van der Waals surface area (Å²) in [5.74, 6) is 3.73. The van der Waals surface area contributed by atoms with E-state index in [9.17, 15) is 5.11 Å². The molecule has 2 saturated carbocycles. The third kappa shape index (κ3) is 4.68. The Morgan fingerprint density at radius 2 is 1.77 bits per heavy atom. The molecule has 2 aliphatic carbocycles. The minimum absolute atomic E-state index is 0.117. The van der Waals surface area contributed by atoms with E-state index in [4.69, 9.17) is 19.4 Å². The summed E-state index contributed by atoms with van der Waals surface area (Å²) in [5, 5.41) is 17.4. The number of ether oxygens (including phenoxy) is 2. The van der Waals surface area contributed by atoms with Gasteiger partial charge in [-0.2, -0.15) is 0 Å². The molecular weight excluding hydrogens is 334 g/mol. The summed E-state index contributed by atoms with van der Waals surface area (Å²) in [5.41, 5.74) is 0. The highest BCUT2D eigenvalue weighted by Gasteiger charge is 2.43. The number of likely N-dealkylation sites (tertiary alicyclic amines) is 1. The Labute approximate surface area is 154 Å². The standard InChI is InChI=1S/C19H27NO3.CH2O2/c1-22-17-4-2-3-5-18(17)23-19-9-15-12-20(10-13-6-7-13)11-14(15)8-16(19)21;2-1-3/h2-5,13-16,19,21H,6-12H2,1H3;1H,(H,2,3)/t14-,15+,16+,19+;/m0./s1. The molecule has 0 amide bonds. The first kappa shape index (κ1) is 19.0. The van der Waals surface area contributed by atoms with Crippen molar-refractivity contribution in [3.63, 3.8) is 0 Å². The number of para-hydroxylation sites is 2. The fourth-order valence-electron chi connectivity index (χ4n) is 4.31. The summed E-state index contributed by atoms with van der Waals surface area (Å²) in [6.07, 6.45) is 4.15. The average molecular weight is 363 g/mol. The number of fused-ring (bicyclic) bond motifs is 1. The third-order valence-electron chi connectivity index (χ3n) is 5.72. The van der Waals surface area contributed by atoms with E-state index in [-0.39, 0.29) is 18.7 Å². The van der Waals surface area contributed by atoms with Crippen LogP contribution in [0.25, 0.3) is 0 Å². The molecule has 1 aliphatic heterocycles. The van der Waals surface area contributed by atoms with Crippen LogP contribution in [0, 0.1) is 17.8 Å². The van der Waals surface area contributed by atoms with Crippen molar-refractivity contribution in [2.24, 2.45) is 17.8 Å². The Morgan fingerprint density at radius 3 is 2.38 bits per heavy atom. The van der Waals surface area contributed by atoms with Crippen molar-refractivity contribution in [2.45, 2.75) is 37.9 Å². The molecule has 4 rings (SSSR count). The van der Waals surface area contributed by atoms with Crippen LogP contribution in [0.4, 0.5) is 0 Å². The zero-order chi connectivity index (χ0) is 18.5. The van der Waals surface area contributed by atoms with Crippen molar-refractivity contribution in [1.82, 2.24) is 4.90 Å². The van der Waals surface area contributed by atoms with Gasteiger partial charge in [-0.25, -0.2) is 0 Å². The topological polar surface area (TPSA) is 79.2 Å². The lowest BCUT2D eigenvalue weighted by Crippen LogP contribution is -2.42. The van der Waals surface area contributed by atoms with Crippen LogP contribution in [0.1, 0.15) is 25.7 Å². The molecule has 0 aromatic heterocycles. The Bertz CT molecular complexity index is 591. The number of carboxylic acid groups (broad SMARTS) is 1. The number of carbonyl (C=O) groups is 1. The van der Waals surface area contributed by atoms with Gasteiger partial charge in [-0.1, -0.05) is 12.1 Å². The van der Waals surface area contributed by atoms with Gasteiger partial charge >= 0.3 is 0 Å². The van der Waals surface area contributed by atoms with Gasteiger partial charge in [0.2, 0.25) is 0 Å². The Hall–Kier alpha value is -1.79. The van der Waals surface area contributed by atoms with Crippen molar-refractivity contribution >= 4 is 6.47 Å². The van der Waals surface area contributed by atoms with E-state index in [1.54, 1.807) is 7.11 Å². The summed E-state index contributed by atoms with van der Waals surface area (Å²) in [7, 11) is 1.66. The summed E-state index contributed by atoms with van der Waals surface area (Å²) in [4.78, 5) is 11.0. The first-order valence-electron chi connectivity index (χ1n) is 9.42. The molecule has 0 bridgehead atoms. The van der Waals surface area contributed by atoms with Gasteiger partial charge in [0, 0.05) is 19.6 Å². The molecule has 4 atom stereocenters. The highest BCUT2D eigenvalue weighted by molar-refractivity contribution is 5.39. The maximum atomic E-state index is 10.5. The van der Waals surface area contributed by atoms with Crippen molar-refractivity contribution in [2.75, 3.05) is 26.7 Å². The normalized spacial score (nSPS) is 30.7. The minimum atomic E-state index is -0.373. The number of aliphatic hydroxyl groups is 1. The van der Waals surface area contributed by atoms with Crippen LogP contribution in [0.3, 0.4) is 0 Å². The lowest BCUT2D eigenvalue weighted by Gasteiger charge is -2.35. The Morgan fingerprint density at radius 1 is 1.15 bits per heavy atom. The molecule has 26 heavy (non-hydrogen) atoms. The predicted molar refractivity (Wildman–Crippen MR) is 97.5 cm³/mol. The smallest absolute Gasteiger partial charge is 0.290 e. The maximum Gasteiger partial charge on any atom is 0.290 e. The molecule has 6 nitrogen and oxygen atoms in total. The predicted octanol–water partition coefficient (Wildman–Crippen LogP) is 2.26. The van der Waals surface area contributed by atoms with Gasteiger partial charge < -0.3 is 24.6 Å². The van der Waals surface area contributed by atoms with Crippen LogP contribution in [-0.2, 0) is 4.79 Å². The van der Waals surface area contributed by atoms with Crippen LogP contribution in [0.2, 0.25) is 0 Å². The maximum absolute atomic E-state index is 10.5. The van der Waals surface area contributed by atoms with E-state index in [0.717, 1.165) is 30.3 Å². The Balaban J connectivity index is 0.000000613. The van der Waals surface area contributed by atoms with Crippen molar-refractivity contribution in [3.05, 3.63) is 24.3 Å². The molecule has 1 aromatic carbocycles. The SMILES string of the molecule is COc1ccccc1O[C@@H]1C[C@@H]2CN(CC3CC3)C[C@@H]2C[C@H]1O.O=CO. The van der Waals surface area contributed by atoms with Gasteiger partial charge in [0.1, 0.15) is 6.10 Å². The fourth-order valence-corrected chi connectivity index (χ4v) is 4.31. The third-order valence-corrected chi connectivity index (χ3v) is 5.72. The molecule has 3 aliphatic rings.